The molecule has 0 spiro atoms. The van der Waals surface area contributed by atoms with Crippen molar-refractivity contribution >= 4 is 23.0 Å². The van der Waals surface area contributed by atoms with Gasteiger partial charge in [0.2, 0.25) is 0 Å². The highest BCUT2D eigenvalue weighted by molar-refractivity contribution is 7.80. The summed E-state index contributed by atoms with van der Waals surface area (Å²) in [5.41, 5.74) is 4.36. The fourth-order valence-electron chi connectivity index (χ4n) is 3.51. The van der Waals surface area contributed by atoms with E-state index in [2.05, 4.69) is 36.6 Å². The molecule has 1 heterocycles. The summed E-state index contributed by atoms with van der Waals surface area (Å²) in [7, 11) is 0. The van der Waals surface area contributed by atoms with Gasteiger partial charge in [-0.15, -0.1) is 0 Å². The van der Waals surface area contributed by atoms with E-state index in [0.29, 0.717) is 16.9 Å². The molecule has 1 saturated heterocycles. The smallest absolute Gasteiger partial charge is 0.187 e. The normalized spacial score (nSPS) is 28.1. The second kappa shape index (κ2) is 9.55. The monoisotopic (exact) mass is 341 g/mol. The van der Waals surface area contributed by atoms with E-state index in [-0.39, 0.29) is 0 Å². The number of thiocarbonyl (C=S) groups is 1. The Kier molecular flexibility index (Phi) is 7.73. The van der Waals surface area contributed by atoms with Gasteiger partial charge < -0.3 is 15.0 Å². The molecule has 2 fully saturated rings. The minimum atomic E-state index is 0.597. The predicted molar refractivity (Wildman–Crippen MR) is 98.9 cm³/mol. The van der Waals surface area contributed by atoms with Crippen LogP contribution >= 0.6 is 12.2 Å². The predicted octanol–water partition coefficient (Wildman–Crippen LogP) is 0.814. The minimum Gasteiger partial charge on any atom is -0.370 e. The first-order valence-corrected chi connectivity index (χ1v) is 9.48. The maximum atomic E-state index is 5.37. The number of rotatable bonds is 5. The molecular formula is C17H33N4OS+. The second-order valence-electron chi connectivity index (χ2n) is 7.32. The molecule has 0 bridgehead atoms. The molecule has 2 atom stereocenters. The van der Waals surface area contributed by atoms with Crippen molar-refractivity contribution < 1.29 is 9.64 Å². The highest BCUT2D eigenvalue weighted by Crippen LogP contribution is 2.31. The first-order valence-electron chi connectivity index (χ1n) is 9.08. The van der Waals surface area contributed by atoms with Crippen molar-refractivity contribution in [3.63, 3.8) is 0 Å². The third kappa shape index (κ3) is 6.36. The lowest BCUT2D eigenvalue weighted by Crippen LogP contribution is -3.14. The molecule has 23 heavy (non-hydrogen) atoms. The van der Waals surface area contributed by atoms with E-state index in [0.717, 1.165) is 51.7 Å². The molecule has 0 aromatic heterocycles. The van der Waals surface area contributed by atoms with Gasteiger partial charge in [0.25, 0.3) is 0 Å². The molecule has 6 heteroatoms. The first kappa shape index (κ1) is 18.6. The van der Waals surface area contributed by atoms with Gasteiger partial charge in [0.1, 0.15) is 13.1 Å². The third-order valence-electron chi connectivity index (χ3n) is 5.03. The zero-order chi connectivity index (χ0) is 16.7. The van der Waals surface area contributed by atoms with Crippen LogP contribution in [0.4, 0.5) is 0 Å². The Morgan fingerprint density at radius 1 is 1.35 bits per heavy atom. The van der Waals surface area contributed by atoms with Crippen LogP contribution in [0.3, 0.4) is 0 Å². The average molecular weight is 342 g/mol. The molecule has 0 amide bonds. The third-order valence-corrected chi connectivity index (χ3v) is 5.26. The van der Waals surface area contributed by atoms with E-state index in [1.54, 1.807) is 4.90 Å². The zero-order valence-electron chi connectivity index (χ0n) is 14.9. The molecule has 1 aliphatic heterocycles. The van der Waals surface area contributed by atoms with E-state index in [4.69, 9.17) is 17.0 Å². The van der Waals surface area contributed by atoms with Gasteiger partial charge in [0, 0.05) is 11.6 Å². The maximum Gasteiger partial charge on any atom is 0.187 e. The Morgan fingerprint density at radius 3 is 2.78 bits per heavy atom. The number of hydrogen-bond acceptors (Lipinski definition) is 3. The van der Waals surface area contributed by atoms with Gasteiger partial charge in [-0.1, -0.05) is 20.8 Å². The van der Waals surface area contributed by atoms with Gasteiger partial charge in [-0.3, -0.25) is 5.43 Å². The lowest BCUT2D eigenvalue weighted by molar-refractivity contribution is -0.906. The van der Waals surface area contributed by atoms with Crippen molar-refractivity contribution in [2.45, 2.75) is 40.0 Å². The number of quaternary nitrogens is 1. The van der Waals surface area contributed by atoms with E-state index in [9.17, 15) is 0 Å². The van der Waals surface area contributed by atoms with Crippen molar-refractivity contribution in [3.05, 3.63) is 0 Å². The molecule has 1 saturated carbocycles. The molecule has 0 aromatic carbocycles. The van der Waals surface area contributed by atoms with Gasteiger partial charge in [-0.2, -0.15) is 5.10 Å². The molecule has 0 aromatic rings. The molecule has 5 nitrogen and oxygen atoms in total. The summed E-state index contributed by atoms with van der Waals surface area (Å²) in [6, 6.07) is 0. The molecule has 132 valence electrons. The van der Waals surface area contributed by atoms with Crippen LogP contribution < -0.4 is 15.6 Å². The molecule has 1 aliphatic carbocycles. The summed E-state index contributed by atoms with van der Waals surface area (Å²) in [6.45, 7) is 12.8. The molecule has 0 unspecified atom stereocenters. The lowest BCUT2D eigenvalue weighted by atomic mass is 9.76. The van der Waals surface area contributed by atoms with Gasteiger partial charge in [0.05, 0.1) is 26.3 Å². The van der Waals surface area contributed by atoms with Gasteiger partial charge in [-0.25, -0.2) is 0 Å². The van der Waals surface area contributed by atoms with Crippen LogP contribution in [0.5, 0.6) is 0 Å². The van der Waals surface area contributed by atoms with Crippen LogP contribution in [0.15, 0.2) is 5.10 Å². The Balaban J connectivity index is 1.72. The minimum absolute atomic E-state index is 0.597. The summed E-state index contributed by atoms with van der Waals surface area (Å²) >= 11 is 5.36. The van der Waals surface area contributed by atoms with Crippen LogP contribution in [0.2, 0.25) is 0 Å². The second-order valence-corrected chi connectivity index (χ2v) is 7.73. The Labute approximate surface area is 146 Å². The number of hydrogen-bond donors (Lipinski definition) is 3. The van der Waals surface area contributed by atoms with E-state index < -0.39 is 0 Å². The molecule has 0 radical (unpaired) electrons. The average Bonchev–Trinajstić information content (AvgIpc) is 2.53. The summed E-state index contributed by atoms with van der Waals surface area (Å²) in [5.74, 6) is 1.98. The summed E-state index contributed by atoms with van der Waals surface area (Å²) in [4.78, 5) is 1.58. The fourth-order valence-corrected chi connectivity index (χ4v) is 3.66. The van der Waals surface area contributed by atoms with Crippen LogP contribution in [0.25, 0.3) is 0 Å². The summed E-state index contributed by atoms with van der Waals surface area (Å²) < 4.78 is 5.37. The highest BCUT2D eigenvalue weighted by Gasteiger charge is 2.27. The Bertz CT molecular complexity index is 407. The maximum absolute atomic E-state index is 5.37. The summed E-state index contributed by atoms with van der Waals surface area (Å²) in [5, 5.41) is 8.56. The number of ether oxygens (including phenoxy) is 1. The quantitative estimate of drug-likeness (QED) is 0.512. The molecule has 3 N–H and O–H groups in total. The molecular weight excluding hydrogens is 308 g/mol. The van der Waals surface area contributed by atoms with Crippen molar-refractivity contribution in [3.8, 4) is 0 Å². The first-order chi connectivity index (χ1) is 11.1. The van der Waals surface area contributed by atoms with Crippen LogP contribution in [-0.2, 0) is 4.74 Å². The molecule has 2 rings (SSSR count). The van der Waals surface area contributed by atoms with Gasteiger partial charge >= 0.3 is 0 Å². The molecule has 2 aliphatic rings. The van der Waals surface area contributed by atoms with Crippen molar-refractivity contribution in [1.82, 2.24) is 10.7 Å². The largest absolute Gasteiger partial charge is 0.370 e. The highest BCUT2D eigenvalue weighted by atomic mass is 32.1. The fraction of sp³-hybridized carbons (Fsp3) is 0.882. The Hall–Kier alpha value is -0.720. The summed E-state index contributed by atoms with van der Waals surface area (Å²) in [6.07, 6.45) is 3.66. The van der Waals surface area contributed by atoms with Crippen molar-refractivity contribution in [1.29, 1.82) is 0 Å². The number of nitrogens with zero attached hydrogens (tertiary/aromatic N) is 1. The topological polar surface area (TPSA) is 50.1 Å². The Morgan fingerprint density at radius 2 is 2.09 bits per heavy atom. The van der Waals surface area contributed by atoms with Gasteiger partial charge in [0.15, 0.2) is 5.11 Å². The lowest BCUT2D eigenvalue weighted by Gasteiger charge is -2.30. The number of nitrogens with one attached hydrogen (secondary N) is 3. The van der Waals surface area contributed by atoms with Crippen LogP contribution in [0.1, 0.15) is 40.0 Å². The van der Waals surface area contributed by atoms with Crippen molar-refractivity contribution in [2.24, 2.45) is 22.9 Å². The SMILES string of the molecule is CC(C)[C@@H]1CC[C@H](C)C/C1=N/NC(=S)NCC[NH+]1CCOCC1. The van der Waals surface area contributed by atoms with Gasteiger partial charge in [-0.05, 0) is 43.3 Å². The van der Waals surface area contributed by atoms with Crippen LogP contribution in [0, 0.1) is 17.8 Å². The van der Waals surface area contributed by atoms with Crippen molar-refractivity contribution in [2.75, 3.05) is 39.4 Å². The van der Waals surface area contributed by atoms with E-state index in [1.807, 2.05) is 0 Å². The number of hydrazone groups is 1. The standard InChI is InChI=1S/C17H32N4OS/c1-13(2)15-5-4-14(3)12-16(15)19-20-17(23)18-6-7-21-8-10-22-11-9-21/h13-15H,4-12H2,1-3H3,(H2,18,20,23)/p+1/b19-16-/t14-,15-/m0/s1. The van der Waals surface area contributed by atoms with E-state index >= 15 is 0 Å². The number of morpholine rings is 1. The zero-order valence-corrected chi connectivity index (χ0v) is 15.7. The van der Waals surface area contributed by atoms with E-state index in [1.165, 1.54) is 18.6 Å². The van der Waals surface area contributed by atoms with Crippen LogP contribution in [-0.4, -0.2) is 50.2 Å².